The van der Waals surface area contributed by atoms with Crippen LogP contribution in [0.2, 0.25) is 0 Å². The van der Waals surface area contributed by atoms with Crippen molar-refractivity contribution < 1.29 is 14.2 Å². The fraction of sp³-hybridized carbons (Fsp3) is 0.381. The zero-order chi connectivity index (χ0) is 19.2. The van der Waals surface area contributed by atoms with Crippen LogP contribution in [0.15, 0.2) is 35.3 Å². The Bertz CT molecular complexity index is 834. The van der Waals surface area contributed by atoms with Crippen molar-refractivity contribution in [3.63, 3.8) is 0 Å². The van der Waals surface area contributed by atoms with Crippen molar-refractivity contribution in [2.45, 2.75) is 25.7 Å². The number of rotatable bonds is 7. The molecular formula is C21H27N3O3. The van der Waals surface area contributed by atoms with Crippen LogP contribution in [-0.2, 0) is 19.3 Å². The average Bonchev–Trinajstić information content (AvgIpc) is 3.15. The van der Waals surface area contributed by atoms with Gasteiger partial charge in [0.1, 0.15) is 0 Å². The van der Waals surface area contributed by atoms with Crippen molar-refractivity contribution in [2.75, 3.05) is 33.2 Å². The maximum atomic E-state index is 6.05. The first-order valence-electron chi connectivity index (χ1n) is 9.13. The molecule has 0 spiro atoms. The summed E-state index contributed by atoms with van der Waals surface area (Å²) in [5.41, 5.74) is 10.9. The number of fused-ring (bicyclic) bond motifs is 1. The number of anilines is 1. The van der Waals surface area contributed by atoms with E-state index in [-0.39, 0.29) is 0 Å². The predicted molar refractivity (Wildman–Crippen MR) is 108 cm³/mol. The quantitative estimate of drug-likeness (QED) is 0.579. The van der Waals surface area contributed by atoms with E-state index >= 15 is 0 Å². The Labute approximate surface area is 160 Å². The van der Waals surface area contributed by atoms with Gasteiger partial charge < -0.3 is 25.3 Å². The molecule has 3 N–H and O–H groups in total. The van der Waals surface area contributed by atoms with Gasteiger partial charge in [-0.1, -0.05) is 12.1 Å². The molecule has 27 heavy (non-hydrogen) atoms. The average molecular weight is 369 g/mol. The molecule has 0 saturated carbocycles. The van der Waals surface area contributed by atoms with Gasteiger partial charge in [0.25, 0.3) is 0 Å². The normalized spacial score (nSPS) is 13.2. The molecule has 1 aliphatic rings. The minimum atomic E-state index is 0.410. The summed E-state index contributed by atoms with van der Waals surface area (Å²) >= 11 is 0. The van der Waals surface area contributed by atoms with E-state index in [1.807, 2.05) is 12.1 Å². The molecule has 0 bridgehead atoms. The molecule has 0 saturated heterocycles. The maximum Gasteiger partial charge on any atom is 0.203 e. The number of hydrogen-bond acceptors (Lipinski definition) is 4. The molecule has 0 amide bonds. The Hall–Kier alpha value is -2.89. The van der Waals surface area contributed by atoms with E-state index in [0.717, 1.165) is 17.7 Å². The molecule has 3 rings (SSSR count). The number of benzene rings is 2. The Morgan fingerprint density at radius 3 is 2.52 bits per heavy atom. The SMILES string of the molecule is COc1ccc(CCN=C(N)Nc2ccc3c(c2)CCC3)c(OC)c1OC. The molecule has 0 aromatic heterocycles. The van der Waals surface area contributed by atoms with Gasteiger partial charge in [-0.05, 0) is 55.0 Å². The highest BCUT2D eigenvalue weighted by atomic mass is 16.5. The van der Waals surface area contributed by atoms with Crippen molar-refractivity contribution in [1.82, 2.24) is 0 Å². The predicted octanol–water partition coefficient (Wildman–Crippen LogP) is 3.17. The Morgan fingerprint density at radius 1 is 1.00 bits per heavy atom. The lowest BCUT2D eigenvalue weighted by molar-refractivity contribution is 0.322. The number of methoxy groups -OCH3 is 3. The third-order valence-corrected chi connectivity index (χ3v) is 4.82. The number of ether oxygens (including phenoxy) is 3. The van der Waals surface area contributed by atoms with Crippen LogP contribution in [0, 0.1) is 0 Å². The minimum Gasteiger partial charge on any atom is -0.493 e. The number of nitrogens with two attached hydrogens (primary N) is 1. The minimum absolute atomic E-state index is 0.410. The lowest BCUT2D eigenvalue weighted by Crippen LogP contribution is -2.23. The van der Waals surface area contributed by atoms with Gasteiger partial charge in [-0.2, -0.15) is 0 Å². The van der Waals surface area contributed by atoms with Crippen molar-refractivity contribution in [3.8, 4) is 17.2 Å². The second kappa shape index (κ2) is 8.66. The summed E-state index contributed by atoms with van der Waals surface area (Å²) < 4.78 is 16.2. The third-order valence-electron chi connectivity index (χ3n) is 4.82. The first kappa shape index (κ1) is 18.9. The number of nitrogens with one attached hydrogen (secondary N) is 1. The van der Waals surface area contributed by atoms with E-state index in [2.05, 4.69) is 28.5 Å². The van der Waals surface area contributed by atoms with Crippen LogP contribution in [0.4, 0.5) is 5.69 Å². The van der Waals surface area contributed by atoms with Crippen LogP contribution in [0.1, 0.15) is 23.1 Å². The van der Waals surface area contributed by atoms with Crippen LogP contribution in [0.3, 0.4) is 0 Å². The van der Waals surface area contributed by atoms with Gasteiger partial charge in [-0.25, -0.2) is 0 Å². The van der Waals surface area contributed by atoms with E-state index in [1.54, 1.807) is 21.3 Å². The number of hydrogen-bond donors (Lipinski definition) is 2. The fourth-order valence-corrected chi connectivity index (χ4v) is 3.49. The standard InChI is InChI=1S/C21H27N3O3/c1-25-18-10-8-15(19(26-2)20(18)27-3)11-12-23-21(22)24-17-9-7-14-5-4-6-16(14)13-17/h7-10,13H,4-6,11-12H2,1-3H3,(H3,22,23,24). The molecule has 1 aliphatic carbocycles. The lowest BCUT2D eigenvalue weighted by Gasteiger charge is -2.15. The molecule has 144 valence electrons. The first-order valence-corrected chi connectivity index (χ1v) is 9.13. The van der Waals surface area contributed by atoms with E-state index in [0.29, 0.717) is 36.2 Å². The van der Waals surface area contributed by atoms with Crippen LogP contribution in [0.25, 0.3) is 0 Å². The summed E-state index contributed by atoms with van der Waals surface area (Å²) in [6, 6.07) is 10.2. The van der Waals surface area contributed by atoms with E-state index in [4.69, 9.17) is 19.9 Å². The van der Waals surface area contributed by atoms with Gasteiger partial charge in [0.2, 0.25) is 5.75 Å². The van der Waals surface area contributed by atoms with Crippen LogP contribution in [0.5, 0.6) is 17.2 Å². The molecule has 0 heterocycles. The summed E-state index contributed by atoms with van der Waals surface area (Å²) in [6.45, 7) is 0.537. The Kier molecular flexibility index (Phi) is 6.06. The van der Waals surface area contributed by atoms with Gasteiger partial charge in [-0.15, -0.1) is 0 Å². The van der Waals surface area contributed by atoms with Gasteiger partial charge in [0, 0.05) is 17.8 Å². The highest BCUT2D eigenvalue weighted by Gasteiger charge is 2.15. The molecule has 0 atom stereocenters. The number of guanidine groups is 1. The summed E-state index contributed by atoms with van der Waals surface area (Å²) in [7, 11) is 4.82. The third kappa shape index (κ3) is 4.27. The zero-order valence-corrected chi connectivity index (χ0v) is 16.2. The van der Waals surface area contributed by atoms with Gasteiger partial charge in [-0.3, -0.25) is 4.99 Å². The maximum absolute atomic E-state index is 6.05. The molecule has 0 aliphatic heterocycles. The van der Waals surface area contributed by atoms with Gasteiger partial charge in [0.15, 0.2) is 17.5 Å². The molecule has 6 heteroatoms. The molecule has 0 radical (unpaired) electrons. The van der Waals surface area contributed by atoms with Crippen LogP contribution >= 0.6 is 0 Å². The lowest BCUT2D eigenvalue weighted by atomic mass is 10.1. The van der Waals surface area contributed by atoms with Gasteiger partial charge >= 0.3 is 0 Å². The van der Waals surface area contributed by atoms with Crippen molar-refractivity contribution in [2.24, 2.45) is 10.7 Å². The zero-order valence-electron chi connectivity index (χ0n) is 16.2. The highest BCUT2D eigenvalue weighted by molar-refractivity contribution is 5.92. The second-order valence-corrected chi connectivity index (χ2v) is 6.47. The summed E-state index contributed by atoms with van der Waals surface area (Å²) in [5.74, 6) is 2.30. The van der Waals surface area contributed by atoms with E-state index in [9.17, 15) is 0 Å². The highest BCUT2D eigenvalue weighted by Crippen LogP contribution is 2.39. The summed E-state index contributed by atoms with van der Waals surface area (Å²) in [6.07, 6.45) is 4.22. The van der Waals surface area contributed by atoms with E-state index in [1.165, 1.54) is 24.0 Å². The van der Waals surface area contributed by atoms with Crippen molar-refractivity contribution in [1.29, 1.82) is 0 Å². The first-order chi connectivity index (χ1) is 13.2. The topological polar surface area (TPSA) is 78.1 Å². The summed E-state index contributed by atoms with van der Waals surface area (Å²) in [5, 5.41) is 3.18. The molecule has 0 unspecified atom stereocenters. The molecular weight excluding hydrogens is 342 g/mol. The number of aliphatic imine (C=N–C) groups is 1. The smallest absolute Gasteiger partial charge is 0.203 e. The molecule has 2 aromatic carbocycles. The van der Waals surface area contributed by atoms with Crippen LogP contribution in [-0.4, -0.2) is 33.8 Å². The fourth-order valence-electron chi connectivity index (χ4n) is 3.49. The van der Waals surface area contributed by atoms with E-state index < -0.39 is 0 Å². The number of aryl methyl sites for hydroxylation is 2. The Morgan fingerprint density at radius 2 is 1.78 bits per heavy atom. The molecule has 2 aromatic rings. The molecule has 6 nitrogen and oxygen atoms in total. The Balaban J connectivity index is 1.64. The van der Waals surface area contributed by atoms with Crippen LogP contribution < -0.4 is 25.3 Å². The summed E-state index contributed by atoms with van der Waals surface area (Å²) in [4.78, 5) is 4.44. The monoisotopic (exact) mass is 369 g/mol. The number of nitrogens with zero attached hydrogens (tertiary/aromatic N) is 1. The van der Waals surface area contributed by atoms with Crippen molar-refractivity contribution in [3.05, 3.63) is 47.0 Å². The molecule has 0 fully saturated rings. The largest absolute Gasteiger partial charge is 0.493 e. The second-order valence-electron chi connectivity index (χ2n) is 6.47. The van der Waals surface area contributed by atoms with Crippen molar-refractivity contribution >= 4 is 11.6 Å². The van der Waals surface area contributed by atoms with Gasteiger partial charge in [0.05, 0.1) is 21.3 Å².